The van der Waals surface area contributed by atoms with Crippen molar-refractivity contribution >= 4 is 11.8 Å². The Balaban J connectivity index is 1.57. The highest BCUT2D eigenvalue weighted by molar-refractivity contribution is 5.83. The van der Waals surface area contributed by atoms with Crippen molar-refractivity contribution in [1.29, 1.82) is 0 Å². The minimum atomic E-state index is -0.135. The maximum atomic E-state index is 12.9. The Kier molecular flexibility index (Phi) is 6.69. The van der Waals surface area contributed by atoms with Gasteiger partial charge in [-0.25, -0.2) is 0 Å². The second-order valence-corrected chi connectivity index (χ2v) is 7.36. The van der Waals surface area contributed by atoms with Gasteiger partial charge in [-0.2, -0.15) is 0 Å². The lowest BCUT2D eigenvalue weighted by atomic mass is 9.95. The quantitative estimate of drug-likeness (QED) is 0.742. The van der Waals surface area contributed by atoms with Gasteiger partial charge in [0.15, 0.2) is 0 Å². The summed E-state index contributed by atoms with van der Waals surface area (Å²) in [4.78, 5) is 28.9. The molecule has 3 rings (SSSR count). The summed E-state index contributed by atoms with van der Waals surface area (Å²) in [6, 6.07) is 17.9. The average Bonchev–Trinajstić information content (AvgIpc) is 2.74. The van der Waals surface area contributed by atoms with E-state index in [0.29, 0.717) is 32.5 Å². The number of methoxy groups -OCH3 is 1. The molecule has 0 aromatic heterocycles. The first kappa shape index (κ1) is 19.9. The van der Waals surface area contributed by atoms with E-state index in [1.165, 1.54) is 5.56 Å². The number of amides is 2. The van der Waals surface area contributed by atoms with Gasteiger partial charge in [-0.05, 0) is 36.1 Å². The van der Waals surface area contributed by atoms with Crippen molar-refractivity contribution in [1.82, 2.24) is 9.80 Å². The van der Waals surface area contributed by atoms with E-state index in [4.69, 9.17) is 4.74 Å². The second-order valence-electron chi connectivity index (χ2n) is 7.36. The van der Waals surface area contributed by atoms with Gasteiger partial charge in [0, 0.05) is 33.1 Å². The smallest absolute Gasteiger partial charge is 0.227 e. The fraction of sp³-hybridized carbons (Fsp3) is 0.391. The SMILES string of the molecule is COc1cccc(CN2C[C@H](C(=O)N(C)CCc3ccccc3)CCC2=O)c1. The summed E-state index contributed by atoms with van der Waals surface area (Å²) in [7, 11) is 3.49. The zero-order chi connectivity index (χ0) is 19.9. The predicted molar refractivity (Wildman–Crippen MR) is 109 cm³/mol. The fourth-order valence-electron chi connectivity index (χ4n) is 3.62. The van der Waals surface area contributed by atoms with Gasteiger partial charge >= 0.3 is 0 Å². The molecule has 2 aromatic rings. The first-order chi connectivity index (χ1) is 13.6. The van der Waals surface area contributed by atoms with Crippen LogP contribution >= 0.6 is 0 Å². The van der Waals surface area contributed by atoms with Gasteiger partial charge in [0.25, 0.3) is 0 Å². The topological polar surface area (TPSA) is 49.9 Å². The van der Waals surface area contributed by atoms with E-state index in [2.05, 4.69) is 12.1 Å². The molecule has 1 aliphatic rings. The number of nitrogens with zero attached hydrogens (tertiary/aromatic N) is 2. The molecule has 2 aromatic carbocycles. The molecule has 0 spiro atoms. The molecule has 1 aliphatic heterocycles. The van der Waals surface area contributed by atoms with Gasteiger partial charge in [0.05, 0.1) is 13.0 Å². The summed E-state index contributed by atoms with van der Waals surface area (Å²) < 4.78 is 5.26. The molecule has 1 heterocycles. The molecule has 1 saturated heterocycles. The second kappa shape index (κ2) is 9.40. The Morgan fingerprint density at radius 2 is 1.89 bits per heavy atom. The molecular weight excluding hydrogens is 352 g/mol. The highest BCUT2D eigenvalue weighted by atomic mass is 16.5. The molecular formula is C23H28N2O3. The van der Waals surface area contributed by atoms with Crippen molar-refractivity contribution in [2.75, 3.05) is 27.2 Å². The first-order valence-corrected chi connectivity index (χ1v) is 9.76. The van der Waals surface area contributed by atoms with Crippen LogP contribution in [-0.4, -0.2) is 48.9 Å². The maximum Gasteiger partial charge on any atom is 0.227 e. The number of piperidine rings is 1. The van der Waals surface area contributed by atoms with Gasteiger partial charge in [0.2, 0.25) is 11.8 Å². The maximum absolute atomic E-state index is 12.9. The first-order valence-electron chi connectivity index (χ1n) is 9.76. The zero-order valence-electron chi connectivity index (χ0n) is 16.6. The van der Waals surface area contributed by atoms with E-state index >= 15 is 0 Å². The standard InChI is InChI=1S/C23H28N2O3/c1-24(14-13-18-7-4-3-5-8-18)23(27)20-11-12-22(26)25(17-20)16-19-9-6-10-21(15-19)28-2/h3-10,15,20H,11-14,16-17H2,1-2H3/t20-/m1/s1. The minimum absolute atomic E-state index is 0.110. The summed E-state index contributed by atoms with van der Waals surface area (Å²) in [6.45, 7) is 1.67. The average molecular weight is 380 g/mol. The van der Waals surface area contributed by atoms with E-state index in [0.717, 1.165) is 17.7 Å². The molecule has 148 valence electrons. The van der Waals surface area contributed by atoms with Gasteiger partial charge in [0.1, 0.15) is 5.75 Å². The van der Waals surface area contributed by atoms with Crippen molar-refractivity contribution in [2.45, 2.75) is 25.8 Å². The highest BCUT2D eigenvalue weighted by Gasteiger charge is 2.31. The summed E-state index contributed by atoms with van der Waals surface area (Å²) in [6.07, 6.45) is 1.89. The number of likely N-dealkylation sites (tertiary alicyclic amines) is 1. The molecule has 0 aliphatic carbocycles. The van der Waals surface area contributed by atoms with Crippen LogP contribution in [0.1, 0.15) is 24.0 Å². The summed E-state index contributed by atoms with van der Waals surface area (Å²) in [5.41, 5.74) is 2.24. The third-order valence-electron chi connectivity index (χ3n) is 5.31. The Hall–Kier alpha value is -2.82. The Labute approximate surface area is 166 Å². The summed E-state index contributed by atoms with van der Waals surface area (Å²) >= 11 is 0. The number of carbonyl (C=O) groups is 2. The van der Waals surface area contributed by atoms with Crippen LogP contribution in [0.4, 0.5) is 0 Å². The van der Waals surface area contributed by atoms with Crippen molar-refractivity contribution in [3.05, 3.63) is 65.7 Å². The number of carbonyl (C=O) groups excluding carboxylic acids is 2. The minimum Gasteiger partial charge on any atom is -0.497 e. The summed E-state index contributed by atoms with van der Waals surface area (Å²) in [5, 5.41) is 0. The van der Waals surface area contributed by atoms with Gasteiger partial charge < -0.3 is 14.5 Å². The number of benzene rings is 2. The lowest BCUT2D eigenvalue weighted by Crippen LogP contribution is -2.46. The zero-order valence-corrected chi connectivity index (χ0v) is 16.6. The lowest BCUT2D eigenvalue weighted by molar-refractivity contribution is -0.142. The molecule has 5 nitrogen and oxygen atoms in total. The van der Waals surface area contributed by atoms with Crippen LogP contribution in [0.25, 0.3) is 0 Å². The Morgan fingerprint density at radius 3 is 2.64 bits per heavy atom. The number of hydrogen-bond donors (Lipinski definition) is 0. The molecule has 0 bridgehead atoms. The van der Waals surface area contributed by atoms with Gasteiger partial charge in [-0.1, -0.05) is 42.5 Å². The van der Waals surface area contributed by atoms with E-state index in [1.807, 2.05) is 49.5 Å². The highest BCUT2D eigenvalue weighted by Crippen LogP contribution is 2.23. The van der Waals surface area contributed by atoms with Crippen LogP contribution in [0.5, 0.6) is 5.75 Å². The van der Waals surface area contributed by atoms with Crippen LogP contribution < -0.4 is 4.74 Å². The van der Waals surface area contributed by atoms with Crippen LogP contribution in [-0.2, 0) is 22.6 Å². The molecule has 0 N–H and O–H groups in total. The molecule has 0 unspecified atom stereocenters. The largest absolute Gasteiger partial charge is 0.497 e. The number of likely N-dealkylation sites (N-methyl/N-ethyl adjacent to an activating group) is 1. The third kappa shape index (κ3) is 5.12. The van der Waals surface area contributed by atoms with E-state index in [9.17, 15) is 9.59 Å². The molecule has 1 atom stereocenters. The molecule has 0 saturated carbocycles. The third-order valence-corrected chi connectivity index (χ3v) is 5.31. The summed E-state index contributed by atoms with van der Waals surface area (Å²) in [5.74, 6) is 0.872. The van der Waals surface area contributed by atoms with E-state index in [1.54, 1.807) is 16.9 Å². The number of rotatable bonds is 7. The Morgan fingerprint density at radius 1 is 1.14 bits per heavy atom. The molecule has 0 radical (unpaired) electrons. The van der Waals surface area contributed by atoms with Crippen molar-refractivity contribution < 1.29 is 14.3 Å². The van der Waals surface area contributed by atoms with Gasteiger partial charge in [-0.15, -0.1) is 0 Å². The van der Waals surface area contributed by atoms with Crippen molar-refractivity contribution in [2.24, 2.45) is 5.92 Å². The molecule has 28 heavy (non-hydrogen) atoms. The number of hydrogen-bond acceptors (Lipinski definition) is 3. The van der Waals surface area contributed by atoms with Crippen LogP contribution in [0.2, 0.25) is 0 Å². The fourth-order valence-corrected chi connectivity index (χ4v) is 3.62. The van der Waals surface area contributed by atoms with Crippen LogP contribution in [0, 0.1) is 5.92 Å². The number of ether oxygens (including phenoxy) is 1. The molecule has 5 heteroatoms. The van der Waals surface area contributed by atoms with Crippen molar-refractivity contribution in [3.63, 3.8) is 0 Å². The van der Waals surface area contributed by atoms with Crippen LogP contribution in [0.3, 0.4) is 0 Å². The van der Waals surface area contributed by atoms with Crippen molar-refractivity contribution in [3.8, 4) is 5.75 Å². The predicted octanol–water partition coefficient (Wildman–Crippen LogP) is 3.13. The van der Waals surface area contributed by atoms with Crippen LogP contribution in [0.15, 0.2) is 54.6 Å². The molecule has 1 fully saturated rings. The van der Waals surface area contributed by atoms with E-state index < -0.39 is 0 Å². The lowest BCUT2D eigenvalue weighted by Gasteiger charge is -2.34. The molecule has 2 amide bonds. The monoisotopic (exact) mass is 380 g/mol. The van der Waals surface area contributed by atoms with E-state index in [-0.39, 0.29) is 17.7 Å². The van der Waals surface area contributed by atoms with Gasteiger partial charge in [-0.3, -0.25) is 9.59 Å². The Bertz CT molecular complexity index is 807. The normalized spacial score (nSPS) is 16.7.